The summed E-state index contributed by atoms with van der Waals surface area (Å²) in [5.74, 6) is -1.24. The van der Waals surface area contributed by atoms with Gasteiger partial charge in [-0.15, -0.1) is 0 Å². The zero-order valence-electron chi connectivity index (χ0n) is 10.7. The fourth-order valence-electron chi connectivity index (χ4n) is 2.47. The lowest BCUT2D eigenvalue weighted by atomic mass is 10.0. The summed E-state index contributed by atoms with van der Waals surface area (Å²) in [6, 6.07) is 3.26. The number of benzene rings is 1. The van der Waals surface area contributed by atoms with Crippen molar-refractivity contribution in [2.75, 3.05) is 17.3 Å². The molecule has 2 rings (SSSR count). The number of fused-ring (bicyclic) bond motifs is 1. The molecule has 1 unspecified atom stereocenters. The van der Waals surface area contributed by atoms with Crippen LogP contribution >= 0.6 is 0 Å². The van der Waals surface area contributed by atoms with E-state index in [2.05, 4.69) is 5.32 Å². The van der Waals surface area contributed by atoms with Crippen LogP contribution in [0.2, 0.25) is 0 Å². The van der Waals surface area contributed by atoms with Crippen molar-refractivity contribution in [2.24, 2.45) is 0 Å². The van der Waals surface area contributed by atoms with Crippen LogP contribution in [0.5, 0.6) is 0 Å². The number of carbonyl (C=O) groups excluding carboxylic acids is 1. The van der Waals surface area contributed by atoms with Gasteiger partial charge in [-0.3, -0.25) is 9.59 Å². The van der Waals surface area contributed by atoms with Gasteiger partial charge in [-0.2, -0.15) is 0 Å². The lowest BCUT2D eigenvalue weighted by Crippen LogP contribution is -2.47. The smallest absolute Gasteiger partial charge is 0.305 e. The van der Waals surface area contributed by atoms with Crippen molar-refractivity contribution in [2.45, 2.75) is 26.3 Å². The van der Waals surface area contributed by atoms with Crippen molar-refractivity contribution in [3.05, 3.63) is 23.3 Å². The lowest BCUT2D eigenvalue weighted by Gasteiger charge is -2.35. The van der Waals surface area contributed by atoms with Crippen LogP contribution in [0, 0.1) is 13.8 Å². The minimum Gasteiger partial charge on any atom is -0.481 e. The van der Waals surface area contributed by atoms with Gasteiger partial charge < -0.3 is 15.3 Å². The Labute approximate surface area is 105 Å². The summed E-state index contributed by atoms with van der Waals surface area (Å²) in [5, 5.41) is 11.6. The largest absolute Gasteiger partial charge is 0.481 e. The van der Waals surface area contributed by atoms with E-state index < -0.39 is 12.0 Å². The highest BCUT2D eigenvalue weighted by Gasteiger charge is 2.33. The summed E-state index contributed by atoms with van der Waals surface area (Å²) in [7, 11) is 1.76. The van der Waals surface area contributed by atoms with Crippen LogP contribution < -0.4 is 10.2 Å². The first-order valence-corrected chi connectivity index (χ1v) is 5.77. The van der Waals surface area contributed by atoms with E-state index >= 15 is 0 Å². The van der Waals surface area contributed by atoms with Gasteiger partial charge in [0, 0.05) is 7.05 Å². The molecular formula is C13H16N2O3. The van der Waals surface area contributed by atoms with Crippen LogP contribution in [0.1, 0.15) is 17.5 Å². The molecule has 1 aliphatic heterocycles. The van der Waals surface area contributed by atoms with Gasteiger partial charge in [-0.05, 0) is 31.0 Å². The van der Waals surface area contributed by atoms with E-state index in [1.54, 1.807) is 11.9 Å². The third kappa shape index (κ3) is 2.03. The number of aliphatic carboxylic acids is 1. The molecule has 18 heavy (non-hydrogen) atoms. The van der Waals surface area contributed by atoms with E-state index in [9.17, 15) is 9.59 Å². The zero-order valence-corrected chi connectivity index (χ0v) is 10.7. The standard InChI is InChI=1S/C13H16N2O3/c1-7-4-8(2)12-9(5-7)14-13(18)10(15(12)3)6-11(16)17/h4-5,10H,6H2,1-3H3,(H,14,18)(H,16,17). The van der Waals surface area contributed by atoms with Gasteiger partial charge >= 0.3 is 5.97 Å². The molecule has 96 valence electrons. The second-order valence-corrected chi connectivity index (χ2v) is 4.69. The quantitative estimate of drug-likeness (QED) is 0.832. The first kappa shape index (κ1) is 12.4. The maximum absolute atomic E-state index is 11.9. The number of carboxylic acid groups (broad SMARTS) is 1. The molecule has 1 aliphatic rings. The highest BCUT2D eigenvalue weighted by atomic mass is 16.4. The summed E-state index contributed by atoms with van der Waals surface area (Å²) in [6.07, 6.45) is -0.199. The maximum Gasteiger partial charge on any atom is 0.305 e. The number of hydrogen-bond donors (Lipinski definition) is 2. The van der Waals surface area contributed by atoms with Gasteiger partial charge in [-0.1, -0.05) is 6.07 Å². The fraction of sp³-hybridized carbons (Fsp3) is 0.385. The number of nitrogens with one attached hydrogen (secondary N) is 1. The average Bonchev–Trinajstić information content (AvgIpc) is 2.22. The Bertz CT molecular complexity index is 525. The van der Waals surface area contributed by atoms with Gasteiger partial charge in [0.1, 0.15) is 6.04 Å². The van der Waals surface area contributed by atoms with Crippen molar-refractivity contribution in [1.82, 2.24) is 0 Å². The highest BCUT2D eigenvalue weighted by molar-refractivity contribution is 6.05. The van der Waals surface area contributed by atoms with Gasteiger partial charge in [0.15, 0.2) is 0 Å². The van der Waals surface area contributed by atoms with Crippen molar-refractivity contribution in [3.63, 3.8) is 0 Å². The van der Waals surface area contributed by atoms with E-state index in [0.29, 0.717) is 0 Å². The molecule has 0 fully saturated rings. The summed E-state index contributed by atoms with van der Waals surface area (Å²) < 4.78 is 0. The predicted molar refractivity (Wildman–Crippen MR) is 69.0 cm³/mol. The second kappa shape index (κ2) is 4.33. The van der Waals surface area contributed by atoms with Gasteiger partial charge in [0.05, 0.1) is 17.8 Å². The van der Waals surface area contributed by atoms with Crippen LogP contribution in [0.25, 0.3) is 0 Å². The lowest BCUT2D eigenvalue weighted by molar-refractivity contribution is -0.138. The molecule has 5 nitrogen and oxygen atoms in total. The molecule has 0 saturated carbocycles. The average molecular weight is 248 g/mol. The van der Waals surface area contributed by atoms with Crippen molar-refractivity contribution in [1.29, 1.82) is 0 Å². The molecule has 2 N–H and O–H groups in total. The topological polar surface area (TPSA) is 69.6 Å². The summed E-state index contributed by atoms with van der Waals surface area (Å²) in [4.78, 5) is 24.5. The Kier molecular flexibility index (Phi) is 2.98. The number of carboxylic acids is 1. The third-order valence-corrected chi connectivity index (χ3v) is 3.19. The van der Waals surface area contributed by atoms with Gasteiger partial charge in [0.2, 0.25) is 5.91 Å². The number of hydrogen-bond acceptors (Lipinski definition) is 3. The Hall–Kier alpha value is -2.04. The number of anilines is 2. The van der Waals surface area contributed by atoms with E-state index in [0.717, 1.165) is 22.5 Å². The molecule has 1 aromatic carbocycles. The van der Waals surface area contributed by atoms with E-state index in [1.807, 2.05) is 26.0 Å². The minimum atomic E-state index is -0.977. The van der Waals surface area contributed by atoms with Crippen LogP contribution in [-0.4, -0.2) is 30.1 Å². The van der Waals surface area contributed by atoms with Crippen molar-refractivity contribution >= 4 is 23.3 Å². The Morgan fingerprint density at radius 3 is 2.72 bits per heavy atom. The minimum absolute atomic E-state index is 0.199. The number of aryl methyl sites for hydroxylation is 2. The molecule has 5 heteroatoms. The molecule has 0 radical (unpaired) electrons. The number of carbonyl (C=O) groups is 2. The molecule has 1 amide bonds. The Balaban J connectivity index is 2.45. The second-order valence-electron chi connectivity index (χ2n) is 4.69. The number of rotatable bonds is 2. The summed E-state index contributed by atoms with van der Waals surface area (Å²) in [6.45, 7) is 3.92. The number of nitrogens with zero attached hydrogens (tertiary/aromatic N) is 1. The number of amides is 1. The molecule has 1 aromatic rings. The Morgan fingerprint density at radius 2 is 2.11 bits per heavy atom. The monoisotopic (exact) mass is 248 g/mol. The molecule has 0 spiro atoms. The molecule has 0 saturated heterocycles. The molecule has 0 aliphatic carbocycles. The maximum atomic E-state index is 11.9. The first-order valence-electron chi connectivity index (χ1n) is 5.77. The van der Waals surface area contributed by atoms with Gasteiger partial charge in [-0.25, -0.2) is 0 Å². The molecule has 1 atom stereocenters. The summed E-state index contributed by atoms with van der Waals surface area (Å²) >= 11 is 0. The Morgan fingerprint density at radius 1 is 1.44 bits per heavy atom. The third-order valence-electron chi connectivity index (χ3n) is 3.19. The van der Waals surface area contributed by atoms with Crippen LogP contribution in [-0.2, 0) is 9.59 Å². The van der Waals surface area contributed by atoms with Gasteiger partial charge in [0.25, 0.3) is 0 Å². The normalized spacial score (nSPS) is 18.3. The molecule has 1 heterocycles. The fourth-order valence-corrected chi connectivity index (χ4v) is 2.47. The summed E-state index contributed by atoms with van der Waals surface area (Å²) in [5.41, 5.74) is 3.74. The van der Waals surface area contributed by atoms with Crippen LogP contribution in [0.4, 0.5) is 11.4 Å². The van der Waals surface area contributed by atoms with Crippen LogP contribution in [0.15, 0.2) is 12.1 Å². The van der Waals surface area contributed by atoms with Crippen molar-refractivity contribution in [3.8, 4) is 0 Å². The predicted octanol–water partition coefficient (Wildman–Crippen LogP) is 1.54. The zero-order chi connectivity index (χ0) is 13.4. The number of likely N-dealkylation sites (N-methyl/N-ethyl adjacent to an activating group) is 1. The highest BCUT2D eigenvalue weighted by Crippen LogP contribution is 2.35. The molecule has 0 aromatic heterocycles. The molecular weight excluding hydrogens is 232 g/mol. The van der Waals surface area contributed by atoms with E-state index in [1.165, 1.54) is 0 Å². The molecule has 0 bridgehead atoms. The first-order chi connectivity index (χ1) is 8.40. The SMILES string of the molecule is Cc1cc(C)c2c(c1)NC(=O)C(CC(=O)O)N2C. The van der Waals surface area contributed by atoms with Crippen LogP contribution in [0.3, 0.4) is 0 Å². The van der Waals surface area contributed by atoms with E-state index in [-0.39, 0.29) is 12.3 Å². The van der Waals surface area contributed by atoms with E-state index in [4.69, 9.17) is 5.11 Å². The van der Waals surface area contributed by atoms with Crippen molar-refractivity contribution < 1.29 is 14.7 Å².